The SMILES string of the molecule is CC(=O)c1cc2c([nH]c1=O)CCCC2=O. The Kier molecular flexibility index (Phi) is 2.26. The molecule has 0 saturated carbocycles. The highest BCUT2D eigenvalue weighted by Crippen LogP contribution is 2.18. The number of Topliss-reactive ketones (excluding diaryl/α,β-unsaturated/α-hetero) is 2. The van der Waals surface area contributed by atoms with Crippen LogP contribution in [-0.2, 0) is 6.42 Å². The van der Waals surface area contributed by atoms with E-state index in [0.717, 1.165) is 6.42 Å². The summed E-state index contributed by atoms with van der Waals surface area (Å²) in [5, 5.41) is 0. The summed E-state index contributed by atoms with van der Waals surface area (Å²) in [5.41, 5.74) is 0.854. The van der Waals surface area contributed by atoms with Crippen molar-refractivity contribution < 1.29 is 9.59 Å². The minimum Gasteiger partial charge on any atom is -0.325 e. The summed E-state index contributed by atoms with van der Waals surface area (Å²) < 4.78 is 0. The first kappa shape index (κ1) is 9.83. The molecule has 1 aliphatic carbocycles. The number of aryl methyl sites for hydroxylation is 1. The van der Waals surface area contributed by atoms with Crippen molar-refractivity contribution in [2.24, 2.45) is 0 Å². The van der Waals surface area contributed by atoms with Crippen molar-refractivity contribution in [2.45, 2.75) is 26.2 Å². The van der Waals surface area contributed by atoms with Crippen LogP contribution in [0.5, 0.6) is 0 Å². The van der Waals surface area contributed by atoms with Gasteiger partial charge < -0.3 is 4.98 Å². The van der Waals surface area contributed by atoms with Gasteiger partial charge in [0.05, 0.1) is 5.56 Å². The third kappa shape index (κ3) is 1.63. The highest BCUT2D eigenvalue weighted by atomic mass is 16.1. The van der Waals surface area contributed by atoms with Gasteiger partial charge in [-0.1, -0.05) is 0 Å². The first-order valence-electron chi connectivity index (χ1n) is 4.90. The Hall–Kier alpha value is -1.71. The lowest BCUT2D eigenvalue weighted by Gasteiger charge is -2.14. The fourth-order valence-electron chi connectivity index (χ4n) is 1.84. The van der Waals surface area contributed by atoms with Crippen LogP contribution in [0.4, 0.5) is 0 Å². The van der Waals surface area contributed by atoms with E-state index in [1.54, 1.807) is 0 Å². The third-order valence-electron chi connectivity index (χ3n) is 2.63. The van der Waals surface area contributed by atoms with Crippen LogP contribution in [0.2, 0.25) is 0 Å². The van der Waals surface area contributed by atoms with Gasteiger partial charge in [-0.2, -0.15) is 0 Å². The van der Waals surface area contributed by atoms with E-state index in [-0.39, 0.29) is 17.1 Å². The van der Waals surface area contributed by atoms with Crippen LogP contribution in [0.3, 0.4) is 0 Å². The Morgan fingerprint density at radius 3 is 2.73 bits per heavy atom. The van der Waals surface area contributed by atoms with Gasteiger partial charge in [-0.25, -0.2) is 0 Å². The molecular formula is C11H11NO3. The molecule has 0 aliphatic heterocycles. The van der Waals surface area contributed by atoms with Gasteiger partial charge in [-0.3, -0.25) is 14.4 Å². The first-order valence-corrected chi connectivity index (χ1v) is 4.90. The number of aromatic amines is 1. The van der Waals surface area contributed by atoms with Crippen molar-refractivity contribution in [1.29, 1.82) is 0 Å². The fraction of sp³-hybridized carbons (Fsp3) is 0.364. The predicted octanol–water partition coefficient (Wildman–Crippen LogP) is 1.10. The molecule has 0 amide bonds. The van der Waals surface area contributed by atoms with E-state index in [1.807, 2.05) is 0 Å². The van der Waals surface area contributed by atoms with Gasteiger partial charge >= 0.3 is 0 Å². The minimum absolute atomic E-state index is 0.00926. The lowest BCUT2D eigenvalue weighted by atomic mass is 9.93. The second kappa shape index (κ2) is 3.46. The molecule has 2 rings (SSSR count). The average molecular weight is 205 g/mol. The number of ketones is 2. The Morgan fingerprint density at radius 1 is 1.33 bits per heavy atom. The summed E-state index contributed by atoms with van der Waals surface area (Å²) in [5.74, 6) is -0.299. The number of carbonyl (C=O) groups excluding carboxylic acids is 2. The van der Waals surface area contributed by atoms with Crippen LogP contribution in [0.25, 0.3) is 0 Å². The molecule has 1 aliphatic rings. The number of H-pyrrole nitrogens is 1. The van der Waals surface area contributed by atoms with E-state index in [1.165, 1.54) is 13.0 Å². The molecule has 0 bridgehead atoms. The summed E-state index contributed by atoms with van der Waals surface area (Å²) in [6.07, 6.45) is 1.96. The number of nitrogens with one attached hydrogen (secondary N) is 1. The summed E-state index contributed by atoms with van der Waals surface area (Å²) in [6.45, 7) is 1.32. The number of rotatable bonds is 1. The molecule has 0 fully saturated rings. The van der Waals surface area contributed by atoms with Crippen LogP contribution >= 0.6 is 0 Å². The van der Waals surface area contributed by atoms with Crippen LogP contribution < -0.4 is 5.56 Å². The van der Waals surface area contributed by atoms with Gasteiger partial charge in [0.15, 0.2) is 11.6 Å². The second-order valence-corrected chi connectivity index (χ2v) is 3.74. The highest BCUT2D eigenvalue weighted by molar-refractivity contribution is 6.01. The number of fused-ring (bicyclic) bond motifs is 1. The second-order valence-electron chi connectivity index (χ2n) is 3.74. The van der Waals surface area contributed by atoms with Crippen molar-refractivity contribution in [2.75, 3.05) is 0 Å². The van der Waals surface area contributed by atoms with Crippen LogP contribution in [-0.4, -0.2) is 16.6 Å². The van der Waals surface area contributed by atoms with Crippen LogP contribution in [0.1, 0.15) is 46.2 Å². The Bertz CT molecular complexity index is 499. The average Bonchev–Trinajstić information content (AvgIpc) is 2.16. The third-order valence-corrected chi connectivity index (χ3v) is 2.63. The molecule has 0 aromatic carbocycles. The Morgan fingerprint density at radius 2 is 2.07 bits per heavy atom. The van der Waals surface area contributed by atoms with Gasteiger partial charge in [0.25, 0.3) is 5.56 Å². The molecule has 15 heavy (non-hydrogen) atoms. The highest BCUT2D eigenvalue weighted by Gasteiger charge is 2.20. The topological polar surface area (TPSA) is 67.0 Å². The zero-order valence-electron chi connectivity index (χ0n) is 8.42. The lowest BCUT2D eigenvalue weighted by Crippen LogP contribution is -2.23. The van der Waals surface area contributed by atoms with Crippen molar-refractivity contribution in [3.8, 4) is 0 Å². The van der Waals surface area contributed by atoms with Crippen molar-refractivity contribution in [3.63, 3.8) is 0 Å². The maximum absolute atomic E-state index is 11.5. The van der Waals surface area contributed by atoms with Crippen molar-refractivity contribution in [3.05, 3.63) is 33.2 Å². The van der Waals surface area contributed by atoms with Gasteiger partial charge in [0.1, 0.15) is 0 Å². The number of hydrogen-bond donors (Lipinski definition) is 1. The zero-order valence-corrected chi connectivity index (χ0v) is 8.42. The fourth-order valence-corrected chi connectivity index (χ4v) is 1.84. The molecule has 1 heterocycles. The summed E-state index contributed by atoms with van der Waals surface area (Å²) in [6, 6.07) is 1.43. The standard InChI is InChI=1S/C11H11NO3/c1-6(13)7-5-8-9(12-11(7)15)3-2-4-10(8)14/h5H,2-4H2,1H3,(H,12,15). The molecule has 0 saturated heterocycles. The van der Waals surface area contributed by atoms with Gasteiger partial charge in [0, 0.05) is 17.7 Å². The molecule has 4 nitrogen and oxygen atoms in total. The van der Waals surface area contributed by atoms with Gasteiger partial charge in [-0.05, 0) is 25.8 Å². The molecule has 1 N–H and O–H groups in total. The molecule has 0 unspecified atom stereocenters. The largest absolute Gasteiger partial charge is 0.325 e. The van der Waals surface area contributed by atoms with E-state index < -0.39 is 5.56 Å². The molecule has 1 aromatic rings. The molecule has 0 atom stereocenters. The summed E-state index contributed by atoms with van der Waals surface area (Å²) in [7, 11) is 0. The summed E-state index contributed by atoms with van der Waals surface area (Å²) >= 11 is 0. The van der Waals surface area contributed by atoms with Crippen molar-refractivity contribution in [1.82, 2.24) is 4.98 Å². The maximum atomic E-state index is 11.5. The predicted molar refractivity (Wildman–Crippen MR) is 54.3 cm³/mol. The van der Waals surface area contributed by atoms with Crippen LogP contribution in [0.15, 0.2) is 10.9 Å². The Labute approximate surface area is 86.3 Å². The van der Waals surface area contributed by atoms with E-state index in [9.17, 15) is 14.4 Å². The maximum Gasteiger partial charge on any atom is 0.259 e. The van der Waals surface area contributed by atoms with Crippen molar-refractivity contribution >= 4 is 11.6 Å². The van der Waals surface area contributed by atoms with Gasteiger partial charge in [0.2, 0.25) is 0 Å². The molecule has 4 heteroatoms. The van der Waals surface area contributed by atoms with E-state index in [4.69, 9.17) is 0 Å². The monoisotopic (exact) mass is 205 g/mol. The lowest BCUT2D eigenvalue weighted by molar-refractivity contribution is 0.0971. The zero-order chi connectivity index (χ0) is 11.0. The number of hydrogen-bond acceptors (Lipinski definition) is 3. The molecule has 0 radical (unpaired) electrons. The first-order chi connectivity index (χ1) is 7.09. The van der Waals surface area contributed by atoms with Crippen LogP contribution in [0, 0.1) is 0 Å². The van der Waals surface area contributed by atoms with E-state index >= 15 is 0 Å². The Balaban J connectivity index is 2.65. The molecule has 1 aromatic heterocycles. The molecular weight excluding hydrogens is 194 g/mol. The normalized spacial score (nSPS) is 14.9. The number of aromatic nitrogens is 1. The van der Waals surface area contributed by atoms with Gasteiger partial charge in [-0.15, -0.1) is 0 Å². The smallest absolute Gasteiger partial charge is 0.259 e. The van der Waals surface area contributed by atoms with E-state index in [0.29, 0.717) is 24.1 Å². The molecule has 78 valence electrons. The van der Waals surface area contributed by atoms with E-state index in [2.05, 4.69) is 4.98 Å². The molecule has 0 spiro atoms. The number of carbonyl (C=O) groups is 2. The summed E-state index contributed by atoms with van der Waals surface area (Å²) in [4.78, 5) is 36.7. The number of pyridine rings is 1. The quantitative estimate of drug-likeness (QED) is 0.698. The minimum atomic E-state index is -0.393.